The smallest absolute Gasteiger partial charge is 0.408 e. The molecule has 14 heteroatoms. The van der Waals surface area contributed by atoms with Crippen molar-refractivity contribution in [3.8, 4) is 0 Å². The van der Waals surface area contributed by atoms with Crippen molar-refractivity contribution in [1.29, 1.82) is 0 Å². The predicted molar refractivity (Wildman–Crippen MR) is 194 cm³/mol. The van der Waals surface area contributed by atoms with Crippen LogP contribution in [0.25, 0.3) is 0 Å². The maximum absolute atomic E-state index is 14.0. The van der Waals surface area contributed by atoms with Crippen LogP contribution in [0.3, 0.4) is 0 Å². The molecule has 1 fully saturated rings. The summed E-state index contributed by atoms with van der Waals surface area (Å²) in [6.07, 6.45) is 1.39. The van der Waals surface area contributed by atoms with Crippen LogP contribution in [-0.2, 0) is 39.8 Å². The maximum Gasteiger partial charge on any atom is 0.408 e. The fourth-order valence-corrected chi connectivity index (χ4v) is 5.77. The van der Waals surface area contributed by atoms with E-state index in [1.807, 2.05) is 0 Å². The number of hydrogen-bond acceptors (Lipinski definition) is 9. The van der Waals surface area contributed by atoms with Gasteiger partial charge in [-0.15, -0.1) is 0 Å². The topological polar surface area (TPSA) is 169 Å². The Morgan fingerprint density at radius 3 is 2.21 bits per heavy atom. The van der Waals surface area contributed by atoms with E-state index >= 15 is 0 Å². The van der Waals surface area contributed by atoms with Crippen LogP contribution < -0.4 is 16.0 Å². The predicted octanol–water partition coefficient (Wildman–Crippen LogP) is 4.74. The molecule has 4 atom stereocenters. The zero-order valence-corrected chi connectivity index (χ0v) is 31.5. The van der Waals surface area contributed by atoms with Crippen LogP contribution in [0, 0.1) is 0 Å². The second-order valence-corrected chi connectivity index (χ2v) is 14.4. The Bertz CT molecular complexity index is 1550. The van der Waals surface area contributed by atoms with E-state index in [9.17, 15) is 28.8 Å². The molecule has 0 spiro atoms. The van der Waals surface area contributed by atoms with Crippen LogP contribution >= 0.6 is 11.6 Å². The van der Waals surface area contributed by atoms with E-state index < -0.39 is 65.0 Å². The van der Waals surface area contributed by atoms with E-state index in [2.05, 4.69) is 16.0 Å². The molecule has 1 heterocycles. The fraction of sp³-hybridized carbons (Fsp3) is 0.526. The zero-order valence-electron chi connectivity index (χ0n) is 30.8. The molecule has 1 aliphatic rings. The summed E-state index contributed by atoms with van der Waals surface area (Å²) in [6, 6.07) is 12.4. The first-order chi connectivity index (χ1) is 24.6. The number of benzene rings is 2. The normalized spacial score (nSPS) is 16.4. The minimum atomic E-state index is -1.51. The number of nitrogens with one attached hydrogen (secondary N) is 3. The number of unbranched alkanes of at least 4 members (excludes halogenated alkanes) is 1. The third-order valence-corrected chi connectivity index (χ3v) is 8.96. The molecule has 3 N–H and O–H groups in total. The summed E-state index contributed by atoms with van der Waals surface area (Å²) >= 11 is 6.08. The maximum atomic E-state index is 14.0. The van der Waals surface area contributed by atoms with Crippen molar-refractivity contribution in [2.45, 2.75) is 109 Å². The number of nitrogens with zero attached hydrogens (tertiary/aromatic N) is 1. The Balaban J connectivity index is 1.75. The molecule has 0 unspecified atom stereocenters. The van der Waals surface area contributed by atoms with E-state index in [0.717, 1.165) is 5.56 Å². The van der Waals surface area contributed by atoms with Crippen LogP contribution in [-0.4, -0.2) is 90.2 Å². The van der Waals surface area contributed by atoms with Crippen LogP contribution in [0.4, 0.5) is 4.79 Å². The van der Waals surface area contributed by atoms with Crippen molar-refractivity contribution in [2.24, 2.45) is 0 Å². The first kappa shape index (κ1) is 41.8. The molecule has 0 aliphatic carbocycles. The SMILES string of the molecule is CC[C@](C)(NC(=O)[C@H](CCCCOC(=O)c1ccccc1)NC(=O)OC(C)(C)C)C(=O)N[C@@H](Cc1ccc(Cl)cc1)C(=O)N1CCC[C@@H]1C(=O)OC. The molecule has 0 aromatic heterocycles. The van der Waals surface area contributed by atoms with Gasteiger partial charge in [0, 0.05) is 18.0 Å². The van der Waals surface area contributed by atoms with Gasteiger partial charge in [0.25, 0.3) is 0 Å². The van der Waals surface area contributed by atoms with Gasteiger partial charge in [0.2, 0.25) is 17.7 Å². The van der Waals surface area contributed by atoms with Crippen molar-refractivity contribution in [1.82, 2.24) is 20.9 Å². The van der Waals surface area contributed by atoms with E-state index in [4.69, 9.17) is 25.8 Å². The minimum Gasteiger partial charge on any atom is -0.467 e. The molecule has 1 aliphatic heterocycles. The molecule has 4 amide bonds. The third kappa shape index (κ3) is 12.5. The lowest BCUT2D eigenvalue weighted by Crippen LogP contribution is -2.63. The lowest BCUT2D eigenvalue weighted by atomic mass is 9.94. The molecule has 0 bridgehead atoms. The third-order valence-electron chi connectivity index (χ3n) is 8.71. The molecule has 13 nitrogen and oxygen atoms in total. The van der Waals surface area contributed by atoms with Gasteiger partial charge in [0.05, 0.1) is 19.3 Å². The summed E-state index contributed by atoms with van der Waals surface area (Å²) in [5.41, 5.74) is -1.20. The number of alkyl carbamates (subject to hydrolysis) is 1. The Morgan fingerprint density at radius 1 is 0.923 bits per heavy atom. The Kier molecular flexibility index (Phi) is 15.5. The molecule has 1 saturated heterocycles. The molecule has 52 heavy (non-hydrogen) atoms. The van der Waals surface area contributed by atoms with Gasteiger partial charge in [0.15, 0.2) is 0 Å². The average Bonchev–Trinajstić information content (AvgIpc) is 3.60. The second kappa shape index (κ2) is 19.3. The standard InChI is InChI=1S/C38H51ClN4O9/c1-7-38(5,35(48)40-29(24-25-18-20-27(39)21-19-25)32(45)43-22-13-17-30(43)34(47)50-6)42-31(44)28(41-36(49)52-37(2,3)4)16-11-12-23-51-33(46)26-14-9-8-10-15-26/h8-10,14-15,18-21,28-30H,7,11-13,16-17,22-24H2,1-6H3,(H,40,48)(H,41,49)(H,42,44)/t28-,29-,30+,38-/m0/s1. The molecule has 2 aromatic carbocycles. The van der Waals surface area contributed by atoms with Crippen LogP contribution in [0.5, 0.6) is 0 Å². The summed E-state index contributed by atoms with van der Waals surface area (Å²) in [5.74, 6) is -2.74. The quantitative estimate of drug-likeness (QED) is 0.125. The molecule has 284 valence electrons. The number of methoxy groups -OCH3 is 1. The van der Waals surface area contributed by atoms with Crippen LogP contribution in [0.2, 0.25) is 5.02 Å². The summed E-state index contributed by atoms with van der Waals surface area (Å²) in [5, 5.41) is 8.74. The van der Waals surface area contributed by atoms with Crippen LogP contribution in [0.15, 0.2) is 54.6 Å². The highest BCUT2D eigenvalue weighted by molar-refractivity contribution is 6.30. The summed E-state index contributed by atoms with van der Waals surface area (Å²) in [4.78, 5) is 80.8. The first-order valence-electron chi connectivity index (χ1n) is 17.5. The number of amides is 4. The fourth-order valence-electron chi connectivity index (χ4n) is 5.64. The van der Waals surface area contributed by atoms with E-state index in [0.29, 0.717) is 42.8 Å². The molecular weight excluding hydrogens is 692 g/mol. The summed E-state index contributed by atoms with van der Waals surface area (Å²) in [7, 11) is 1.26. The van der Waals surface area contributed by atoms with Gasteiger partial charge in [0.1, 0.15) is 29.3 Å². The molecule has 3 rings (SSSR count). The Morgan fingerprint density at radius 2 is 1.60 bits per heavy atom. The monoisotopic (exact) mass is 742 g/mol. The number of esters is 2. The highest BCUT2D eigenvalue weighted by atomic mass is 35.5. The highest BCUT2D eigenvalue weighted by Gasteiger charge is 2.41. The van der Waals surface area contributed by atoms with Gasteiger partial charge in [-0.2, -0.15) is 0 Å². The molecule has 2 aromatic rings. The molecular formula is C38H51ClN4O9. The van der Waals surface area contributed by atoms with E-state index in [1.165, 1.54) is 18.9 Å². The Labute approximate surface area is 310 Å². The van der Waals surface area contributed by atoms with E-state index in [1.54, 1.807) is 82.3 Å². The number of likely N-dealkylation sites (tertiary alicyclic amines) is 1. The average molecular weight is 743 g/mol. The molecule has 0 saturated carbocycles. The second-order valence-electron chi connectivity index (χ2n) is 13.9. The number of ether oxygens (including phenoxy) is 3. The molecule has 0 radical (unpaired) electrons. The van der Waals surface area contributed by atoms with Crippen molar-refractivity contribution in [3.63, 3.8) is 0 Å². The number of carbonyl (C=O) groups excluding carboxylic acids is 6. The van der Waals surface area contributed by atoms with Gasteiger partial charge >= 0.3 is 18.0 Å². The van der Waals surface area contributed by atoms with E-state index in [-0.39, 0.29) is 25.9 Å². The first-order valence-corrected chi connectivity index (χ1v) is 17.9. The van der Waals surface area contributed by atoms with Gasteiger partial charge in [-0.05, 0) is 96.0 Å². The number of rotatable bonds is 16. The van der Waals surface area contributed by atoms with Gasteiger partial charge in [-0.3, -0.25) is 14.4 Å². The summed E-state index contributed by atoms with van der Waals surface area (Å²) in [6.45, 7) is 8.73. The highest BCUT2D eigenvalue weighted by Crippen LogP contribution is 2.22. The lowest BCUT2D eigenvalue weighted by molar-refractivity contribution is -0.152. The van der Waals surface area contributed by atoms with Crippen molar-refractivity contribution in [2.75, 3.05) is 20.3 Å². The van der Waals surface area contributed by atoms with Crippen molar-refractivity contribution >= 4 is 47.4 Å². The largest absolute Gasteiger partial charge is 0.467 e. The van der Waals surface area contributed by atoms with Gasteiger partial charge < -0.3 is 35.1 Å². The van der Waals surface area contributed by atoms with Crippen LogP contribution in [0.1, 0.15) is 89.1 Å². The minimum absolute atomic E-state index is 0.0948. The lowest BCUT2D eigenvalue weighted by Gasteiger charge is -2.34. The van der Waals surface area contributed by atoms with Gasteiger partial charge in [-0.25, -0.2) is 14.4 Å². The number of hydrogen-bond donors (Lipinski definition) is 3. The Hall–Kier alpha value is -4.65. The van der Waals surface area contributed by atoms with Gasteiger partial charge in [-0.1, -0.05) is 48.9 Å². The number of halogens is 1. The van der Waals surface area contributed by atoms with Crippen molar-refractivity contribution in [3.05, 3.63) is 70.7 Å². The zero-order chi connectivity index (χ0) is 38.5. The van der Waals surface area contributed by atoms with Crippen molar-refractivity contribution < 1.29 is 43.0 Å². The number of carbonyl (C=O) groups is 6. The summed E-state index contributed by atoms with van der Waals surface area (Å²) < 4.78 is 15.7.